The highest BCUT2D eigenvalue weighted by atomic mass is 16.6. The first-order chi connectivity index (χ1) is 8.88. The van der Waals surface area contributed by atoms with Crippen molar-refractivity contribution in [3.05, 3.63) is 0 Å². The molecule has 0 radical (unpaired) electrons. The number of hydrogen-bond acceptors (Lipinski definition) is 4. The van der Waals surface area contributed by atoms with Crippen LogP contribution in [-0.4, -0.2) is 24.1 Å². The Balaban J connectivity index is 4.12. The van der Waals surface area contributed by atoms with E-state index in [0.29, 0.717) is 0 Å². The molecule has 0 rings (SSSR count). The summed E-state index contributed by atoms with van der Waals surface area (Å²) in [7, 11) is 0. The van der Waals surface area contributed by atoms with E-state index in [1.807, 2.05) is 20.8 Å². The summed E-state index contributed by atoms with van der Waals surface area (Å²) in [6.45, 7) is 9.02. The molecular formula is C15H28O4. The summed E-state index contributed by atoms with van der Waals surface area (Å²) in [4.78, 5) is 22.9. The lowest BCUT2D eigenvalue weighted by Crippen LogP contribution is -2.35. The maximum atomic E-state index is 11.9. The molecule has 2 atom stereocenters. The Morgan fingerprint density at radius 2 is 1.63 bits per heavy atom. The summed E-state index contributed by atoms with van der Waals surface area (Å²) in [6, 6.07) is 0. The van der Waals surface area contributed by atoms with Crippen molar-refractivity contribution in [1.29, 1.82) is 0 Å². The average molecular weight is 272 g/mol. The summed E-state index contributed by atoms with van der Waals surface area (Å²) < 4.78 is 10.3. The molecule has 0 amide bonds. The Hall–Kier alpha value is -1.06. The van der Waals surface area contributed by atoms with Gasteiger partial charge in [0.1, 0.15) is 0 Å². The lowest BCUT2D eigenvalue weighted by atomic mass is 10.1. The van der Waals surface area contributed by atoms with E-state index in [4.69, 9.17) is 9.47 Å². The van der Waals surface area contributed by atoms with Crippen molar-refractivity contribution in [2.24, 2.45) is 5.92 Å². The van der Waals surface area contributed by atoms with Crippen LogP contribution in [0.2, 0.25) is 0 Å². The largest absolute Gasteiger partial charge is 0.460 e. The van der Waals surface area contributed by atoms with Crippen molar-refractivity contribution in [2.75, 3.05) is 0 Å². The van der Waals surface area contributed by atoms with E-state index in [0.717, 1.165) is 19.3 Å². The van der Waals surface area contributed by atoms with Crippen LogP contribution in [0.4, 0.5) is 0 Å². The zero-order valence-corrected chi connectivity index (χ0v) is 12.9. The number of esters is 2. The number of unbranched alkanes of at least 4 members (excludes halogenated alkanes) is 3. The topological polar surface area (TPSA) is 52.6 Å². The predicted octanol–water partition coefficient (Wildman–Crippen LogP) is 3.48. The Bertz CT molecular complexity index is 273. The van der Waals surface area contributed by atoms with Gasteiger partial charge in [0.25, 0.3) is 0 Å². The minimum absolute atomic E-state index is 0.0799. The minimum Gasteiger partial charge on any atom is -0.460 e. The molecule has 0 aliphatic rings. The van der Waals surface area contributed by atoms with Crippen LogP contribution >= 0.6 is 0 Å². The van der Waals surface area contributed by atoms with Gasteiger partial charge in [-0.05, 0) is 19.8 Å². The molecule has 0 aromatic rings. The van der Waals surface area contributed by atoms with Gasteiger partial charge >= 0.3 is 11.9 Å². The molecule has 19 heavy (non-hydrogen) atoms. The molecule has 0 saturated heterocycles. The van der Waals surface area contributed by atoms with E-state index in [1.54, 1.807) is 0 Å². The third kappa shape index (κ3) is 8.62. The van der Waals surface area contributed by atoms with E-state index >= 15 is 0 Å². The van der Waals surface area contributed by atoms with E-state index in [1.165, 1.54) is 19.8 Å². The van der Waals surface area contributed by atoms with Gasteiger partial charge in [0.15, 0.2) is 0 Å². The van der Waals surface area contributed by atoms with Crippen LogP contribution in [-0.2, 0) is 19.1 Å². The van der Waals surface area contributed by atoms with Crippen molar-refractivity contribution >= 4 is 11.9 Å². The highest BCUT2D eigenvalue weighted by Gasteiger charge is 2.28. The number of carbonyl (C=O) groups excluding carboxylic acids is 2. The van der Waals surface area contributed by atoms with E-state index < -0.39 is 18.0 Å². The number of carbonyl (C=O) groups is 2. The molecule has 4 heteroatoms. The molecule has 0 aliphatic heterocycles. The molecule has 0 aliphatic carbocycles. The molecule has 0 spiro atoms. The minimum atomic E-state index is -0.796. The SMILES string of the molecule is CCCCCCC(C)OC(=O)C(OC(C)=O)C(C)C. The number of rotatable bonds is 9. The van der Waals surface area contributed by atoms with Crippen LogP contribution < -0.4 is 0 Å². The lowest BCUT2D eigenvalue weighted by molar-refractivity contribution is -0.173. The van der Waals surface area contributed by atoms with Crippen molar-refractivity contribution in [1.82, 2.24) is 0 Å². The van der Waals surface area contributed by atoms with Gasteiger partial charge in [-0.3, -0.25) is 4.79 Å². The maximum absolute atomic E-state index is 11.9. The van der Waals surface area contributed by atoms with E-state index in [-0.39, 0.29) is 12.0 Å². The van der Waals surface area contributed by atoms with Crippen LogP contribution in [0.1, 0.15) is 66.7 Å². The first-order valence-electron chi connectivity index (χ1n) is 7.26. The first-order valence-corrected chi connectivity index (χ1v) is 7.26. The standard InChI is InChI=1S/C15H28O4/c1-6-7-8-9-10-12(4)18-15(17)14(11(2)3)19-13(5)16/h11-12,14H,6-10H2,1-5H3. The molecule has 0 aromatic heterocycles. The van der Waals surface area contributed by atoms with Gasteiger partial charge in [-0.15, -0.1) is 0 Å². The second-order valence-corrected chi connectivity index (χ2v) is 5.37. The summed E-state index contributed by atoms with van der Waals surface area (Å²) in [5.41, 5.74) is 0. The fourth-order valence-corrected chi connectivity index (χ4v) is 1.82. The normalized spacial score (nSPS) is 14.0. The Kier molecular flexibility index (Phi) is 9.27. The van der Waals surface area contributed by atoms with Crippen molar-refractivity contribution in [2.45, 2.75) is 78.9 Å². The Labute approximate surface area is 116 Å². The molecule has 0 N–H and O–H groups in total. The summed E-state index contributed by atoms with van der Waals surface area (Å²) in [5.74, 6) is -0.969. The molecule has 0 aromatic carbocycles. The molecule has 112 valence electrons. The van der Waals surface area contributed by atoms with Gasteiger partial charge in [-0.1, -0.05) is 40.0 Å². The second kappa shape index (κ2) is 9.82. The van der Waals surface area contributed by atoms with E-state index in [9.17, 15) is 9.59 Å². The fraction of sp³-hybridized carbons (Fsp3) is 0.867. The quantitative estimate of drug-likeness (QED) is 0.476. The van der Waals surface area contributed by atoms with Crippen molar-refractivity contribution in [3.63, 3.8) is 0 Å². The molecule has 0 saturated carbocycles. The van der Waals surface area contributed by atoms with Crippen LogP contribution in [0.3, 0.4) is 0 Å². The van der Waals surface area contributed by atoms with Crippen LogP contribution in [0.25, 0.3) is 0 Å². The third-order valence-corrected chi connectivity index (χ3v) is 2.91. The van der Waals surface area contributed by atoms with Gasteiger partial charge in [0, 0.05) is 12.8 Å². The lowest BCUT2D eigenvalue weighted by Gasteiger charge is -2.21. The Morgan fingerprint density at radius 3 is 2.11 bits per heavy atom. The molecule has 0 bridgehead atoms. The first kappa shape index (κ1) is 17.9. The molecule has 4 nitrogen and oxygen atoms in total. The summed E-state index contributed by atoms with van der Waals surface area (Å²) >= 11 is 0. The third-order valence-electron chi connectivity index (χ3n) is 2.91. The van der Waals surface area contributed by atoms with Crippen LogP contribution in [0.15, 0.2) is 0 Å². The van der Waals surface area contributed by atoms with Gasteiger partial charge in [-0.25, -0.2) is 4.79 Å². The van der Waals surface area contributed by atoms with Gasteiger partial charge in [0.2, 0.25) is 6.10 Å². The molecular weight excluding hydrogens is 244 g/mol. The molecule has 0 fully saturated rings. The van der Waals surface area contributed by atoms with Crippen LogP contribution in [0.5, 0.6) is 0 Å². The zero-order chi connectivity index (χ0) is 14.8. The van der Waals surface area contributed by atoms with E-state index in [2.05, 4.69) is 6.92 Å². The van der Waals surface area contributed by atoms with Gasteiger partial charge in [0.05, 0.1) is 6.10 Å². The highest BCUT2D eigenvalue weighted by molar-refractivity contribution is 5.78. The Morgan fingerprint density at radius 1 is 1.00 bits per heavy atom. The monoisotopic (exact) mass is 272 g/mol. The van der Waals surface area contributed by atoms with Gasteiger partial charge < -0.3 is 9.47 Å². The van der Waals surface area contributed by atoms with Crippen molar-refractivity contribution < 1.29 is 19.1 Å². The van der Waals surface area contributed by atoms with Crippen LogP contribution in [0, 0.1) is 5.92 Å². The average Bonchev–Trinajstić information content (AvgIpc) is 2.31. The smallest absolute Gasteiger partial charge is 0.347 e. The predicted molar refractivity (Wildman–Crippen MR) is 74.7 cm³/mol. The number of ether oxygens (including phenoxy) is 2. The maximum Gasteiger partial charge on any atom is 0.347 e. The summed E-state index contributed by atoms with van der Waals surface area (Å²) in [5, 5.41) is 0. The fourth-order valence-electron chi connectivity index (χ4n) is 1.82. The number of hydrogen-bond donors (Lipinski definition) is 0. The molecule has 0 heterocycles. The highest BCUT2D eigenvalue weighted by Crippen LogP contribution is 2.13. The zero-order valence-electron chi connectivity index (χ0n) is 12.9. The second-order valence-electron chi connectivity index (χ2n) is 5.37. The summed E-state index contributed by atoms with van der Waals surface area (Å²) in [6.07, 6.45) is 4.56. The molecule has 2 unspecified atom stereocenters. The van der Waals surface area contributed by atoms with Gasteiger partial charge in [-0.2, -0.15) is 0 Å². The van der Waals surface area contributed by atoms with Crippen molar-refractivity contribution in [3.8, 4) is 0 Å².